The van der Waals surface area contributed by atoms with E-state index in [4.69, 9.17) is 0 Å². The van der Waals surface area contributed by atoms with Crippen LogP contribution in [0.25, 0.3) is 0 Å². The van der Waals surface area contributed by atoms with Gasteiger partial charge in [0.25, 0.3) is 0 Å². The average molecular weight is 315 g/mol. The summed E-state index contributed by atoms with van der Waals surface area (Å²) in [4.78, 5) is 15.1. The van der Waals surface area contributed by atoms with Gasteiger partial charge in [-0.1, -0.05) is 24.8 Å². The van der Waals surface area contributed by atoms with Gasteiger partial charge in [0.05, 0.1) is 5.69 Å². The first-order valence-electron chi connectivity index (χ1n) is 7.18. The van der Waals surface area contributed by atoms with Crippen molar-refractivity contribution in [1.82, 2.24) is 14.7 Å². The minimum Gasteiger partial charge on any atom is -0.334 e. The zero-order chi connectivity index (χ0) is 15.9. The van der Waals surface area contributed by atoms with Gasteiger partial charge in [-0.3, -0.25) is 9.48 Å². The molecule has 5 heteroatoms. The lowest BCUT2D eigenvalue weighted by Gasteiger charge is -2.20. The molecular formula is C17H21N3OS. The Hall–Kier alpha value is -2.01. The molecule has 0 atom stereocenters. The molecule has 0 bridgehead atoms. The second-order valence-electron chi connectivity index (χ2n) is 5.04. The first kappa shape index (κ1) is 16.4. The van der Waals surface area contributed by atoms with Gasteiger partial charge < -0.3 is 4.90 Å². The highest BCUT2D eigenvalue weighted by atomic mass is 32.2. The monoisotopic (exact) mass is 315 g/mol. The SMILES string of the molecule is C=CC(=O)N(CCSc1ccccc1)Cc1cn(C)nc1C. The topological polar surface area (TPSA) is 38.1 Å². The van der Waals surface area contributed by atoms with Crippen LogP contribution in [0.3, 0.4) is 0 Å². The maximum Gasteiger partial charge on any atom is 0.246 e. The van der Waals surface area contributed by atoms with Gasteiger partial charge in [0.1, 0.15) is 0 Å². The van der Waals surface area contributed by atoms with E-state index in [-0.39, 0.29) is 5.91 Å². The van der Waals surface area contributed by atoms with Crippen LogP contribution >= 0.6 is 11.8 Å². The molecule has 22 heavy (non-hydrogen) atoms. The van der Waals surface area contributed by atoms with E-state index in [0.717, 1.165) is 17.0 Å². The third-order valence-electron chi connectivity index (χ3n) is 3.34. The normalized spacial score (nSPS) is 10.5. The Bertz CT molecular complexity index is 637. The molecule has 116 valence electrons. The van der Waals surface area contributed by atoms with Crippen molar-refractivity contribution in [2.24, 2.45) is 7.05 Å². The second-order valence-corrected chi connectivity index (χ2v) is 6.21. The van der Waals surface area contributed by atoms with E-state index in [9.17, 15) is 4.79 Å². The number of benzene rings is 1. The van der Waals surface area contributed by atoms with Crippen molar-refractivity contribution in [3.63, 3.8) is 0 Å². The fraction of sp³-hybridized carbons (Fsp3) is 0.294. The fourth-order valence-corrected chi connectivity index (χ4v) is 3.09. The van der Waals surface area contributed by atoms with E-state index in [2.05, 4.69) is 23.8 Å². The molecule has 2 aromatic rings. The van der Waals surface area contributed by atoms with Crippen LogP contribution in [0.5, 0.6) is 0 Å². The van der Waals surface area contributed by atoms with E-state index >= 15 is 0 Å². The largest absolute Gasteiger partial charge is 0.334 e. The summed E-state index contributed by atoms with van der Waals surface area (Å²) in [6.07, 6.45) is 3.34. The van der Waals surface area contributed by atoms with Crippen molar-refractivity contribution in [3.05, 3.63) is 60.4 Å². The molecule has 0 saturated carbocycles. The summed E-state index contributed by atoms with van der Waals surface area (Å²) in [5.74, 6) is 0.806. The Morgan fingerprint density at radius 1 is 1.41 bits per heavy atom. The molecule has 1 aromatic carbocycles. The zero-order valence-corrected chi connectivity index (χ0v) is 13.8. The Morgan fingerprint density at radius 2 is 2.14 bits per heavy atom. The van der Waals surface area contributed by atoms with Crippen LogP contribution in [0, 0.1) is 6.92 Å². The number of carbonyl (C=O) groups excluding carboxylic acids is 1. The highest BCUT2D eigenvalue weighted by Gasteiger charge is 2.13. The quantitative estimate of drug-likeness (QED) is 0.582. The number of rotatable bonds is 7. The molecule has 0 fully saturated rings. The maximum atomic E-state index is 12.0. The molecule has 0 N–H and O–H groups in total. The van der Waals surface area contributed by atoms with E-state index in [1.807, 2.05) is 43.3 Å². The maximum absolute atomic E-state index is 12.0. The number of aromatic nitrogens is 2. The van der Waals surface area contributed by atoms with E-state index in [0.29, 0.717) is 13.1 Å². The Kier molecular flexibility index (Phi) is 5.83. The number of hydrogen-bond donors (Lipinski definition) is 0. The van der Waals surface area contributed by atoms with Gasteiger partial charge in [0, 0.05) is 42.5 Å². The lowest BCUT2D eigenvalue weighted by Crippen LogP contribution is -2.31. The molecule has 0 spiro atoms. The van der Waals surface area contributed by atoms with Crippen LogP contribution in [0.1, 0.15) is 11.3 Å². The van der Waals surface area contributed by atoms with Crippen LogP contribution < -0.4 is 0 Å². The first-order chi connectivity index (χ1) is 10.6. The number of aryl methyl sites for hydroxylation is 2. The fourth-order valence-electron chi connectivity index (χ4n) is 2.20. The molecule has 0 unspecified atom stereocenters. The van der Waals surface area contributed by atoms with Gasteiger partial charge in [0.2, 0.25) is 5.91 Å². The predicted molar refractivity (Wildman–Crippen MR) is 90.7 cm³/mol. The predicted octanol–water partition coefficient (Wildman–Crippen LogP) is 3.04. The van der Waals surface area contributed by atoms with Crippen LogP contribution in [-0.2, 0) is 18.4 Å². The Morgan fingerprint density at radius 3 is 2.73 bits per heavy atom. The summed E-state index contributed by atoms with van der Waals surface area (Å²) in [5.41, 5.74) is 2.03. The van der Waals surface area contributed by atoms with E-state index in [1.54, 1.807) is 16.4 Å². The van der Waals surface area contributed by atoms with Crippen molar-refractivity contribution >= 4 is 17.7 Å². The third kappa shape index (κ3) is 4.49. The second kappa shape index (κ2) is 7.84. The van der Waals surface area contributed by atoms with Gasteiger partial charge in [-0.25, -0.2) is 0 Å². The standard InChI is InChI=1S/C17H21N3OS/c1-4-17(21)20(13-15-12-19(3)18-14(15)2)10-11-22-16-8-6-5-7-9-16/h4-9,12H,1,10-11,13H2,2-3H3. The van der Waals surface area contributed by atoms with Gasteiger partial charge in [-0.05, 0) is 25.1 Å². The highest BCUT2D eigenvalue weighted by molar-refractivity contribution is 7.99. The molecule has 4 nitrogen and oxygen atoms in total. The molecule has 0 aliphatic heterocycles. The molecule has 2 rings (SSSR count). The van der Waals surface area contributed by atoms with Crippen molar-refractivity contribution in [2.45, 2.75) is 18.4 Å². The molecule has 1 heterocycles. The Labute approximate surface area is 135 Å². The summed E-state index contributed by atoms with van der Waals surface area (Å²) < 4.78 is 1.78. The summed E-state index contributed by atoms with van der Waals surface area (Å²) in [7, 11) is 1.89. The lowest BCUT2D eigenvalue weighted by molar-refractivity contribution is -0.126. The van der Waals surface area contributed by atoms with Gasteiger partial charge >= 0.3 is 0 Å². The van der Waals surface area contributed by atoms with Crippen molar-refractivity contribution < 1.29 is 4.79 Å². The van der Waals surface area contributed by atoms with Gasteiger partial charge in [-0.2, -0.15) is 5.10 Å². The van der Waals surface area contributed by atoms with Crippen molar-refractivity contribution in [1.29, 1.82) is 0 Å². The third-order valence-corrected chi connectivity index (χ3v) is 4.33. The zero-order valence-electron chi connectivity index (χ0n) is 13.0. The van der Waals surface area contributed by atoms with Crippen molar-refractivity contribution in [3.8, 4) is 0 Å². The molecule has 1 amide bonds. The number of amides is 1. The van der Waals surface area contributed by atoms with Crippen LogP contribution in [0.2, 0.25) is 0 Å². The minimum absolute atomic E-state index is 0.0445. The Balaban J connectivity index is 1.96. The lowest BCUT2D eigenvalue weighted by atomic mass is 10.2. The van der Waals surface area contributed by atoms with E-state index in [1.165, 1.54) is 11.0 Å². The number of hydrogen-bond acceptors (Lipinski definition) is 3. The van der Waals surface area contributed by atoms with E-state index < -0.39 is 0 Å². The van der Waals surface area contributed by atoms with Crippen molar-refractivity contribution in [2.75, 3.05) is 12.3 Å². The summed E-state index contributed by atoms with van der Waals surface area (Å²) in [6.45, 7) is 6.81. The summed E-state index contributed by atoms with van der Waals surface area (Å²) in [5, 5.41) is 4.32. The van der Waals surface area contributed by atoms with Crippen LogP contribution in [-0.4, -0.2) is 32.9 Å². The number of carbonyl (C=O) groups is 1. The molecule has 0 aliphatic rings. The molecule has 0 radical (unpaired) electrons. The van der Waals surface area contributed by atoms with Gasteiger partial charge in [0.15, 0.2) is 0 Å². The average Bonchev–Trinajstić information content (AvgIpc) is 2.84. The first-order valence-corrected chi connectivity index (χ1v) is 8.17. The highest BCUT2D eigenvalue weighted by Crippen LogP contribution is 2.18. The minimum atomic E-state index is -0.0445. The smallest absolute Gasteiger partial charge is 0.246 e. The summed E-state index contributed by atoms with van der Waals surface area (Å²) >= 11 is 1.75. The molecule has 0 aliphatic carbocycles. The van der Waals surface area contributed by atoms with Gasteiger partial charge in [-0.15, -0.1) is 11.8 Å². The van der Waals surface area contributed by atoms with Crippen LogP contribution in [0.15, 0.2) is 54.1 Å². The molecule has 0 saturated heterocycles. The van der Waals surface area contributed by atoms with Crippen LogP contribution in [0.4, 0.5) is 0 Å². The number of nitrogens with zero attached hydrogens (tertiary/aromatic N) is 3. The molecular weight excluding hydrogens is 294 g/mol. The summed E-state index contributed by atoms with van der Waals surface area (Å²) in [6, 6.07) is 10.2. The molecule has 1 aromatic heterocycles. The number of thioether (sulfide) groups is 1.